The van der Waals surface area contributed by atoms with Crippen molar-refractivity contribution < 1.29 is 79.6 Å². The molecule has 0 aliphatic carbocycles. The minimum Gasteiger partial charge on any atom is -0.478 e. The van der Waals surface area contributed by atoms with Crippen LogP contribution >= 0.6 is 23.1 Å². The van der Waals surface area contributed by atoms with Gasteiger partial charge in [0.1, 0.15) is 21.1 Å². The first-order chi connectivity index (χ1) is 31.7. The Hall–Kier alpha value is -4.93. The number of ketones is 2. The molecule has 5 N–H and O–H groups in total. The molecular weight excluding hydrogens is 977 g/mol. The second-order valence-corrected chi connectivity index (χ2v) is 22.8. The van der Waals surface area contributed by atoms with Crippen LogP contribution in [0.4, 0.5) is 5.82 Å². The molecule has 4 rings (SSSR count). The molecule has 1 amide bonds. The van der Waals surface area contributed by atoms with Gasteiger partial charge in [-0.15, -0.1) is 15.7 Å². The quantitative estimate of drug-likeness (QED) is 0.0604. The number of aliphatic carboxylic acids is 2. The normalized spacial score (nSPS) is 18.7. The van der Waals surface area contributed by atoms with Gasteiger partial charge in [-0.3, -0.25) is 24.0 Å². The number of carbonyl (C=O) groups excluding carboxylic acids is 5. The second kappa shape index (κ2) is 25.6. The van der Waals surface area contributed by atoms with E-state index < -0.39 is 101 Å². The van der Waals surface area contributed by atoms with Crippen molar-refractivity contribution in [1.82, 2.24) is 24.1 Å². The van der Waals surface area contributed by atoms with E-state index in [1.807, 2.05) is 37.3 Å². The molecule has 0 spiro atoms. The molecule has 2 aliphatic heterocycles. The summed E-state index contributed by atoms with van der Waals surface area (Å²) in [7, 11) is -8.40. The third kappa shape index (κ3) is 17.2. The number of morpholine rings is 1. The highest BCUT2D eigenvalue weighted by molar-refractivity contribution is 7.95. The number of nitrogens with zero attached hydrogens (tertiary/aromatic N) is 3. The van der Waals surface area contributed by atoms with Crippen molar-refractivity contribution in [3.63, 3.8) is 0 Å². The lowest BCUT2D eigenvalue weighted by Crippen LogP contribution is -2.44. The standard InChI is InChI=1S/C37H56N6O13S4.C4H4O4/c1-9-38-27-17-21(2)59(49,50)36-26(27)18-30(57-36)60(51,52)42-34(48)23(4)31(46)22(3)32(47)24(5)55-28(44)11-10-12-29(45)56-25(19-39-37(6,7)8)20-54-35-33(40-58-41-35)43-13-15-53-16-14-43;5-3(6)1-2-4(7)8/h18,21-25,27,38-39H,9-17,19-20H2,1-8H3,(H,42,48);1-2H,(H,5,6)(H,7,8)/b;2-1-/t21-,22?,23?,24?,25-,27-;/m0./s1. The van der Waals surface area contributed by atoms with Gasteiger partial charge in [-0.05, 0) is 73.9 Å². The number of hydrogen-bond acceptors (Lipinski definition) is 22. The molecule has 2 aliphatic rings. The molecule has 0 bridgehead atoms. The minimum atomic E-state index is -4.60. The number of carbonyl (C=O) groups is 7. The molecule has 3 unspecified atom stereocenters. The van der Waals surface area contributed by atoms with E-state index in [2.05, 4.69) is 19.4 Å². The number of nitrogens with one attached hydrogen (secondary N) is 3. The summed E-state index contributed by atoms with van der Waals surface area (Å²) in [5.74, 6) is -9.03. The largest absolute Gasteiger partial charge is 0.478 e. The average Bonchev–Trinajstić information content (AvgIpc) is 3.95. The number of aromatic nitrogens is 2. The maximum absolute atomic E-state index is 13.2. The van der Waals surface area contributed by atoms with Gasteiger partial charge >= 0.3 is 23.9 Å². The van der Waals surface area contributed by atoms with Gasteiger partial charge in [-0.1, -0.05) is 6.92 Å². The molecule has 0 radical (unpaired) electrons. The van der Waals surface area contributed by atoms with E-state index >= 15 is 0 Å². The Morgan fingerprint density at radius 1 is 0.956 bits per heavy atom. The predicted octanol–water partition coefficient (Wildman–Crippen LogP) is 2.06. The zero-order valence-corrected chi connectivity index (χ0v) is 42.2. The molecule has 6 atom stereocenters. The fourth-order valence-electron chi connectivity index (χ4n) is 6.48. The number of thiophene rings is 1. The maximum Gasteiger partial charge on any atom is 0.328 e. The highest BCUT2D eigenvalue weighted by Crippen LogP contribution is 2.42. The molecular formula is C41H60N6O17S4. The van der Waals surface area contributed by atoms with Crippen LogP contribution in [0, 0.1) is 11.8 Å². The number of sulfone groups is 1. The van der Waals surface area contributed by atoms with Crippen LogP contribution in [0.1, 0.15) is 92.7 Å². The Kier molecular flexibility index (Phi) is 21.6. The lowest BCUT2D eigenvalue weighted by atomic mass is 9.90. The molecule has 1 saturated heterocycles. The number of esters is 2. The molecule has 68 heavy (non-hydrogen) atoms. The topological polar surface area (TPSA) is 330 Å². The van der Waals surface area contributed by atoms with Gasteiger partial charge in [-0.25, -0.2) is 31.1 Å². The van der Waals surface area contributed by atoms with Crippen LogP contribution in [0.2, 0.25) is 0 Å². The van der Waals surface area contributed by atoms with Crippen molar-refractivity contribution in [2.24, 2.45) is 11.8 Å². The SMILES string of the molecule is CCN[C@H]1C[C@H](C)S(=O)(=O)c2sc(S(=O)(=O)NC(=O)C(C)C(=O)C(C)C(=O)C(C)OC(=O)CCCC(=O)O[C@@H](CNC(C)(C)C)COc3nsnc3N3CCOCC3)cc21.O=C(O)/C=C\C(=O)O. The first-order valence-electron chi connectivity index (χ1n) is 21.5. The van der Waals surface area contributed by atoms with E-state index in [1.54, 1.807) is 6.92 Å². The predicted molar refractivity (Wildman–Crippen MR) is 246 cm³/mol. The van der Waals surface area contributed by atoms with E-state index in [0.29, 0.717) is 73.6 Å². The van der Waals surface area contributed by atoms with E-state index in [1.165, 1.54) is 19.9 Å². The van der Waals surface area contributed by atoms with E-state index in [4.69, 9.17) is 29.2 Å². The lowest BCUT2D eigenvalue weighted by molar-refractivity contribution is -0.157. The highest BCUT2D eigenvalue weighted by atomic mass is 32.3. The summed E-state index contributed by atoms with van der Waals surface area (Å²) in [6.07, 6.45) is -1.12. The third-order valence-electron chi connectivity index (χ3n) is 10.2. The van der Waals surface area contributed by atoms with Crippen molar-refractivity contribution in [2.75, 3.05) is 50.9 Å². The van der Waals surface area contributed by atoms with E-state index in [-0.39, 0.29) is 48.6 Å². The number of sulfonamides is 1. The summed E-state index contributed by atoms with van der Waals surface area (Å²) in [6, 6.07) is 0.805. The molecule has 380 valence electrons. The molecule has 0 aromatic carbocycles. The summed E-state index contributed by atoms with van der Waals surface area (Å²) < 4.78 is 84.7. The van der Waals surface area contributed by atoms with Crippen LogP contribution in [-0.2, 0) is 67.6 Å². The summed E-state index contributed by atoms with van der Waals surface area (Å²) in [5, 5.41) is 21.3. The number of hydrogen-bond donors (Lipinski definition) is 5. The van der Waals surface area contributed by atoms with Gasteiger partial charge in [0, 0.05) is 61.8 Å². The summed E-state index contributed by atoms with van der Waals surface area (Å²) in [5.41, 5.74) is 0.00753. The molecule has 2 aromatic rings. The van der Waals surface area contributed by atoms with Gasteiger partial charge < -0.3 is 44.7 Å². The van der Waals surface area contributed by atoms with E-state index in [0.717, 1.165) is 18.7 Å². The van der Waals surface area contributed by atoms with Crippen LogP contribution in [0.5, 0.6) is 5.88 Å². The Bertz CT molecular complexity index is 2360. The van der Waals surface area contributed by atoms with Gasteiger partial charge in [-0.2, -0.15) is 4.37 Å². The fraction of sp³-hybridized carbons (Fsp3) is 0.634. The molecule has 4 heterocycles. The van der Waals surface area contributed by atoms with Crippen LogP contribution in [-0.4, -0.2) is 146 Å². The molecule has 27 heteroatoms. The number of carboxylic acids is 2. The number of carboxylic acid groups (broad SMARTS) is 2. The third-order valence-corrected chi connectivity index (χ3v) is 16.4. The Labute approximate surface area is 403 Å². The fourth-order valence-corrected chi connectivity index (χ4v) is 12.1. The Balaban J connectivity index is 0.00000140. The van der Waals surface area contributed by atoms with Crippen molar-refractivity contribution in [2.45, 2.75) is 119 Å². The van der Waals surface area contributed by atoms with Crippen molar-refractivity contribution in [3.05, 3.63) is 23.8 Å². The number of Topliss-reactive ketones (excluding diaryl/α,β-unsaturated/α-hetero) is 2. The first-order valence-corrected chi connectivity index (χ1v) is 26.1. The van der Waals surface area contributed by atoms with Crippen LogP contribution in [0.15, 0.2) is 26.6 Å². The molecule has 1 fully saturated rings. The van der Waals surface area contributed by atoms with Crippen molar-refractivity contribution >= 4 is 90.1 Å². The van der Waals surface area contributed by atoms with Gasteiger partial charge in [0.05, 0.1) is 42.0 Å². The zero-order valence-electron chi connectivity index (χ0n) is 39.0. The minimum absolute atomic E-state index is 0.00814. The highest BCUT2D eigenvalue weighted by Gasteiger charge is 2.41. The summed E-state index contributed by atoms with van der Waals surface area (Å²) >= 11 is 1.53. The summed E-state index contributed by atoms with van der Waals surface area (Å²) in [6.45, 7) is 16.0. The van der Waals surface area contributed by atoms with Crippen molar-refractivity contribution in [3.8, 4) is 5.88 Å². The second-order valence-electron chi connectivity index (χ2n) is 16.8. The smallest absolute Gasteiger partial charge is 0.328 e. The van der Waals surface area contributed by atoms with Crippen LogP contribution in [0.3, 0.4) is 0 Å². The number of ether oxygens (including phenoxy) is 4. The molecule has 2 aromatic heterocycles. The number of amides is 1. The van der Waals surface area contributed by atoms with Crippen LogP contribution in [0.25, 0.3) is 0 Å². The lowest BCUT2D eigenvalue weighted by Gasteiger charge is -2.27. The number of fused-ring (bicyclic) bond motifs is 1. The molecule has 23 nitrogen and oxygen atoms in total. The van der Waals surface area contributed by atoms with E-state index in [9.17, 15) is 50.4 Å². The summed E-state index contributed by atoms with van der Waals surface area (Å²) in [4.78, 5) is 85.9. The van der Waals surface area contributed by atoms with Crippen molar-refractivity contribution in [1.29, 1.82) is 0 Å². The maximum atomic E-state index is 13.2. The number of rotatable bonds is 23. The Morgan fingerprint density at radius 2 is 1.56 bits per heavy atom. The molecule has 0 saturated carbocycles. The monoisotopic (exact) mass is 1040 g/mol. The number of anilines is 1. The van der Waals surface area contributed by atoms with Gasteiger partial charge in [0.15, 0.2) is 27.5 Å². The van der Waals surface area contributed by atoms with Crippen LogP contribution < -0.4 is 25.0 Å². The van der Waals surface area contributed by atoms with Gasteiger partial charge in [0.2, 0.25) is 11.7 Å². The average molecular weight is 1040 g/mol. The first kappa shape index (κ1) is 57.4. The Morgan fingerprint density at radius 3 is 2.13 bits per heavy atom. The zero-order chi connectivity index (χ0) is 51.1. The van der Waals surface area contributed by atoms with Gasteiger partial charge in [0.25, 0.3) is 15.9 Å².